The molecule has 0 saturated carbocycles. The van der Waals surface area contributed by atoms with Crippen molar-refractivity contribution < 1.29 is 9.45 Å². The summed E-state index contributed by atoms with van der Waals surface area (Å²) < 4.78 is 5.32. The predicted octanol–water partition coefficient (Wildman–Crippen LogP) is 2.71. The Morgan fingerprint density at radius 2 is 2.24 bits per heavy atom. The monoisotopic (exact) mass is 288 g/mol. The summed E-state index contributed by atoms with van der Waals surface area (Å²) in [5.74, 6) is 1.16. The molecule has 2 aromatic rings. The first-order chi connectivity index (χ1) is 10.2. The van der Waals surface area contributed by atoms with E-state index in [1.807, 2.05) is 0 Å². The van der Waals surface area contributed by atoms with E-state index in [9.17, 15) is 10.1 Å². The number of hydrogen-bond acceptors (Lipinski definition) is 6. The van der Waals surface area contributed by atoms with Crippen molar-refractivity contribution in [2.75, 3.05) is 6.54 Å². The summed E-state index contributed by atoms with van der Waals surface area (Å²) >= 11 is 0. The highest BCUT2D eigenvalue weighted by Crippen LogP contribution is 2.31. The van der Waals surface area contributed by atoms with Gasteiger partial charge in [0, 0.05) is 6.07 Å². The van der Waals surface area contributed by atoms with Gasteiger partial charge in [0.2, 0.25) is 11.7 Å². The standard InChI is InChI=1S/C14H16N4O3/c1-9-5-4-8-15-12(9)14-16-13(17-21-14)10-6-2-3-7-11(10)18(19)20/h2-3,6-7,9,12,15H,4-5,8H2,1H3. The summed E-state index contributed by atoms with van der Waals surface area (Å²) in [6.45, 7) is 3.05. The molecular formula is C14H16N4O3. The first kappa shape index (κ1) is 13.7. The molecule has 7 heteroatoms. The molecule has 0 amide bonds. The second-order valence-electron chi connectivity index (χ2n) is 5.28. The third kappa shape index (κ3) is 2.64. The highest BCUT2D eigenvalue weighted by atomic mass is 16.6. The number of aromatic nitrogens is 2. The van der Waals surface area contributed by atoms with E-state index in [0.29, 0.717) is 17.4 Å². The Labute approximate surface area is 121 Å². The minimum Gasteiger partial charge on any atom is -0.337 e. The molecule has 2 unspecified atom stereocenters. The Morgan fingerprint density at radius 3 is 3.00 bits per heavy atom. The zero-order chi connectivity index (χ0) is 14.8. The Hall–Kier alpha value is -2.28. The van der Waals surface area contributed by atoms with E-state index in [1.165, 1.54) is 6.07 Å². The lowest BCUT2D eigenvalue weighted by molar-refractivity contribution is -0.384. The number of nitro benzene ring substituents is 1. The van der Waals surface area contributed by atoms with E-state index in [0.717, 1.165) is 19.4 Å². The molecule has 1 aromatic carbocycles. The molecule has 1 saturated heterocycles. The molecule has 0 spiro atoms. The molecule has 110 valence electrons. The van der Waals surface area contributed by atoms with Crippen molar-refractivity contribution in [2.45, 2.75) is 25.8 Å². The first-order valence-corrected chi connectivity index (χ1v) is 6.97. The van der Waals surface area contributed by atoms with Gasteiger partial charge in [-0.05, 0) is 31.4 Å². The molecule has 2 atom stereocenters. The summed E-state index contributed by atoms with van der Waals surface area (Å²) in [6.07, 6.45) is 2.23. The molecule has 7 nitrogen and oxygen atoms in total. The van der Waals surface area contributed by atoms with E-state index >= 15 is 0 Å². The molecule has 2 heterocycles. The van der Waals surface area contributed by atoms with Gasteiger partial charge in [0.1, 0.15) is 5.56 Å². The fourth-order valence-corrected chi connectivity index (χ4v) is 2.67. The zero-order valence-corrected chi connectivity index (χ0v) is 11.7. The number of piperidine rings is 1. The minimum absolute atomic E-state index is 0.0165. The molecular weight excluding hydrogens is 272 g/mol. The van der Waals surface area contributed by atoms with Gasteiger partial charge in [-0.3, -0.25) is 10.1 Å². The van der Waals surface area contributed by atoms with Gasteiger partial charge in [-0.1, -0.05) is 24.2 Å². The average Bonchev–Trinajstić information content (AvgIpc) is 2.97. The third-order valence-corrected chi connectivity index (χ3v) is 3.82. The van der Waals surface area contributed by atoms with Crippen LogP contribution in [0.1, 0.15) is 31.7 Å². The number of nitrogens with one attached hydrogen (secondary N) is 1. The molecule has 1 aliphatic rings. The predicted molar refractivity (Wildman–Crippen MR) is 75.5 cm³/mol. The van der Waals surface area contributed by atoms with Crippen LogP contribution in [0.5, 0.6) is 0 Å². The normalized spacial score (nSPS) is 22.1. The summed E-state index contributed by atoms with van der Waals surface area (Å²) in [5.41, 5.74) is 0.357. The van der Waals surface area contributed by atoms with Crippen molar-refractivity contribution in [1.29, 1.82) is 0 Å². The lowest BCUT2D eigenvalue weighted by Gasteiger charge is -2.26. The van der Waals surface area contributed by atoms with Crippen LogP contribution < -0.4 is 5.32 Å². The molecule has 1 fully saturated rings. The van der Waals surface area contributed by atoms with Crippen LogP contribution in [0.4, 0.5) is 5.69 Å². The molecule has 3 rings (SSSR count). The maximum Gasteiger partial charge on any atom is 0.280 e. The zero-order valence-electron chi connectivity index (χ0n) is 11.7. The van der Waals surface area contributed by atoms with Crippen molar-refractivity contribution in [1.82, 2.24) is 15.5 Å². The number of nitrogens with zero attached hydrogens (tertiary/aromatic N) is 3. The second kappa shape index (κ2) is 5.61. The largest absolute Gasteiger partial charge is 0.337 e. The van der Waals surface area contributed by atoms with Crippen LogP contribution >= 0.6 is 0 Å². The Balaban J connectivity index is 1.93. The Bertz CT molecular complexity index is 655. The van der Waals surface area contributed by atoms with Gasteiger partial charge in [-0.25, -0.2) is 0 Å². The highest BCUT2D eigenvalue weighted by molar-refractivity contribution is 5.67. The summed E-state index contributed by atoms with van der Waals surface area (Å²) in [7, 11) is 0. The molecule has 21 heavy (non-hydrogen) atoms. The summed E-state index contributed by atoms with van der Waals surface area (Å²) in [6, 6.07) is 6.42. The van der Waals surface area contributed by atoms with Crippen molar-refractivity contribution in [3.8, 4) is 11.4 Å². The highest BCUT2D eigenvalue weighted by Gasteiger charge is 2.28. The van der Waals surface area contributed by atoms with Crippen LogP contribution in [0, 0.1) is 16.0 Å². The lowest BCUT2D eigenvalue weighted by atomic mass is 9.93. The Morgan fingerprint density at radius 1 is 1.43 bits per heavy atom. The van der Waals surface area contributed by atoms with Crippen LogP contribution in [0.25, 0.3) is 11.4 Å². The van der Waals surface area contributed by atoms with Crippen LogP contribution in [0.2, 0.25) is 0 Å². The fraction of sp³-hybridized carbons (Fsp3) is 0.429. The summed E-state index contributed by atoms with van der Waals surface area (Å²) in [4.78, 5) is 15.0. The molecule has 1 aliphatic heterocycles. The SMILES string of the molecule is CC1CCCNC1c1nc(-c2ccccc2[N+](=O)[O-])no1. The van der Waals surface area contributed by atoms with Gasteiger partial charge >= 0.3 is 0 Å². The van der Waals surface area contributed by atoms with Gasteiger partial charge in [0.15, 0.2) is 0 Å². The minimum atomic E-state index is -0.438. The van der Waals surface area contributed by atoms with E-state index in [2.05, 4.69) is 22.4 Å². The van der Waals surface area contributed by atoms with Crippen LogP contribution in [-0.2, 0) is 0 Å². The lowest BCUT2D eigenvalue weighted by Crippen LogP contribution is -2.33. The first-order valence-electron chi connectivity index (χ1n) is 6.97. The molecule has 0 bridgehead atoms. The van der Waals surface area contributed by atoms with Gasteiger partial charge < -0.3 is 9.84 Å². The summed E-state index contributed by atoms with van der Waals surface area (Å²) in [5, 5.41) is 18.3. The van der Waals surface area contributed by atoms with E-state index < -0.39 is 4.92 Å². The van der Waals surface area contributed by atoms with Crippen molar-refractivity contribution in [3.63, 3.8) is 0 Å². The van der Waals surface area contributed by atoms with Crippen LogP contribution in [0.15, 0.2) is 28.8 Å². The maximum absolute atomic E-state index is 11.1. The van der Waals surface area contributed by atoms with E-state index in [-0.39, 0.29) is 17.6 Å². The van der Waals surface area contributed by atoms with Crippen LogP contribution in [0.3, 0.4) is 0 Å². The maximum atomic E-state index is 11.1. The van der Waals surface area contributed by atoms with E-state index in [1.54, 1.807) is 18.2 Å². The third-order valence-electron chi connectivity index (χ3n) is 3.82. The average molecular weight is 288 g/mol. The number of nitro groups is 1. The van der Waals surface area contributed by atoms with Gasteiger partial charge in [0.05, 0.1) is 11.0 Å². The smallest absolute Gasteiger partial charge is 0.280 e. The van der Waals surface area contributed by atoms with Gasteiger partial charge in [-0.15, -0.1) is 0 Å². The number of benzene rings is 1. The molecule has 0 aliphatic carbocycles. The molecule has 1 aromatic heterocycles. The van der Waals surface area contributed by atoms with Crippen molar-refractivity contribution >= 4 is 5.69 Å². The van der Waals surface area contributed by atoms with Gasteiger partial charge in [0.25, 0.3) is 5.69 Å². The fourth-order valence-electron chi connectivity index (χ4n) is 2.67. The van der Waals surface area contributed by atoms with Crippen LogP contribution in [-0.4, -0.2) is 21.6 Å². The van der Waals surface area contributed by atoms with Gasteiger partial charge in [-0.2, -0.15) is 4.98 Å². The Kier molecular flexibility index (Phi) is 3.66. The number of rotatable bonds is 3. The second-order valence-corrected chi connectivity index (χ2v) is 5.28. The quantitative estimate of drug-likeness (QED) is 0.689. The molecule has 0 radical (unpaired) electrons. The van der Waals surface area contributed by atoms with Crippen molar-refractivity contribution in [2.24, 2.45) is 5.92 Å². The topological polar surface area (TPSA) is 94.1 Å². The number of hydrogen-bond donors (Lipinski definition) is 1. The van der Waals surface area contributed by atoms with E-state index in [4.69, 9.17) is 4.52 Å². The van der Waals surface area contributed by atoms with Crippen molar-refractivity contribution in [3.05, 3.63) is 40.3 Å². The molecule has 1 N–H and O–H groups in total. The number of para-hydroxylation sites is 1.